The maximum Gasteiger partial charge on any atom is 0.141 e. The minimum atomic E-state index is -0.522. The van der Waals surface area contributed by atoms with E-state index in [1.165, 1.54) is 17.3 Å². The molecule has 0 spiro atoms. The fourth-order valence-electron chi connectivity index (χ4n) is 4.90. The minimum absolute atomic E-state index is 0.0388. The molecule has 1 aliphatic heterocycles. The van der Waals surface area contributed by atoms with Crippen molar-refractivity contribution >= 4 is 10.9 Å². The van der Waals surface area contributed by atoms with Gasteiger partial charge in [-0.15, -0.1) is 0 Å². The van der Waals surface area contributed by atoms with Crippen molar-refractivity contribution in [1.82, 2.24) is 14.5 Å². The van der Waals surface area contributed by atoms with E-state index in [-0.39, 0.29) is 11.6 Å². The summed E-state index contributed by atoms with van der Waals surface area (Å²) < 4.78 is 16.9. The third kappa shape index (κ3) is 3.98. The molecule has 0 amide bonds. The van der Waals surface area contributed by atoms with Gasteiger partial charge in [-0.25, -0.2) is 4.39 Å². The lowest BCUT2D eigenvalue weighted by atomic mass is 9.94. The van der Waals surface area contributed by atoms with E-state index in [0.717, 1.165) is 60.2 Å². The van der Waals surface area contributed by atoms with E-state index < -0.39 is 5.82 Å². The topological polar surface area (TPSA) is 70.9 Å². The normalized spacial score (nSPS) is 16.3. The van der Waals surface area contributed by atoms with Crippen LogP contribution < -0.4 is 5.73 Å². The Morgan fingerprint density at radius 2 is 1.91 bits per heavy atom. The summed E-state index contributed by atoms with van der Waals surface area (Å²) in [6.07, 6.45) is 3.88. The van der Waals surface area contributed by atoms with Crippen molar-refractivity contribution in [2.24, 2.45) is 12.8 Å². The fraction of sp³-hybridized carbons (Fsp3) is 0.286. The number of nitrogens with zero attached hydrogens (tertiary/aromatic N) is 4. The molecule has 1 atom stereocenters. The standard InChI is InChI=1S/C28H28FN5/c1-3-18-4-6-19(7-5-18)28-27(20-8-9-21(14-30)25(29)12-20)24-13-23(33(2)26(24)15-32-28)17-34-11-10-22(31)16-34/h4-9,12-13,15,22H,3,10-11,16-17,31H2,1-2H3/t22-/m0/s1. The van der Waals surface area contributed by atoms with E-state index >= 15 is 0 Å². The maximum absolute atomic E-state index is 14.7. The molecule has 172 valence electrons. The number of likely N-dealkylation sites (tertiary alicyclic amines) is 1. The number of hydrogen-bond donors (Lipinski definition) is 1. The molecular weight excluding hydrogens is 425 g/mol. The molecule has 0 unspecified atom stereocenters. The molecule has 3 heterocycles. The number of nitriles is 1. The molecule has 2 aromatic carbocycles. The lowest BCUT2D eigenvalue weighted by Crippen LogP contribution is -2.26. The first kappa shape index (κ1) is 22.3. The van der Waals surface area contributed by atoms with Gasteiger partial charge in [0, 0.05) is 54.9 Å². The number of pyridine rings is 1. The molecule has 1 aliphatic rings. The van der Waals surface area contributed by atoms with Gasteiger partial charge in [0.1, 0.15) is 11.9 Å². The molecule has 0 radical (unpaired) electrons. The van der Waals surface area contributed by atoms with Crippen LogP contribution in [0.3, 0.4) is 0 Å². The zero-order valence-electron chi connectivity index (χ0n) is 19.6. The smallest absolute Gasteiger partial charge is 0.141 e. The monoisotopic (exact) mass is 453 g/mol. The Kier molecular flexibility index (Phi) is 5.91. The Bertz CT molecular complexity index is 1400. The summed E-state index contributed by atoms with van der Waals surface area (Å²) in [4.78, 5) is 7.23. The molecule has 1 saturated heterocycles. The maximum atomic E-state index is 14.7. The number of fused-ring (bicyclic) bond motifs is 1. The van der Waals surface area contributed by atoms with Crippen molar-refractivity contribution in [2.45, 2.75) is 32.4 Å². The summed E-state index contributed by atoms with van der Waals surface area (Å²) in [6.45, 7) is 4.82. The molecule has 5 rings (SSSR count). The Labute approximate surface area is 199 Å². The van der Waals surface area contributed by atoms with Gasteiger partial charge in [0.05, 0.1) is 23.0 Å². The van der Waals surface area contributed by atoms with Crippen LogP contribution in [0.4, 0.5) is 4.39 Å². The van der Waals surface area contributed by atoms with Crippen LogP contribution in [0.1, 0.15) is 30.2 Å². The van der Waals surface area contributed by atoms with E-state index in [1.54, 1.807) is 6.07 Å². The van der Waals surface area contributed by atoms with Crippen LogP contribution in [-0.2, 0) is 20.0 Å². The lowest BCUT2D eigenvalue weighted by molar-refractivity contribution is 0.319. The molecule has 0 aliphatic carbocycles. The van der Waals surface area contributed by atoms with Crippen LogP contribution >= 0.6 is 0 Å². The second-order valence-corrected chi connectivity index (χ2v) is 9.12. The van der Waals surface area contributed by atoms with Gasteiger partial charge in [0.2, 0.25) is 0 Å². The van der Waals surface area contributed by atoms with Crippen LogP contribution in [0, 0.1) is 17.1 Å². The van der Waals surface area contributed by atoms with Gasteiger partial charge in [-0.1, -0.05) is 37.3 Å². The van der Waals surface area contributed by atoms with Gasteiger partial charge in [0.25, 0.3) is 0 Å². The number of nitrogens with two attached hydrogens (primary N) is 1. The predicted molar refractivity (Wildman–Crippen MR) is 134 cm³/mol. The Hall–Kier alpha value is -3.53. The van der Waals surface area contributed by atoms with Crippen molar-refractivity contribution in [3.05, 3.63) is 77.4 Å². The third-order valence-corrected chi connectivity index (χ3v) is 6.91. The van der Waals surface area contributed by atoms with Gasteiger partial charge in [-0.05, 0) is 42.2 Å². The highest BCUT2D eigenvalue weighted by molar-refractivity contribution is 6.02. The van der Waals surface area contributed by atoms with Crippen molar-refractivity contribution in [3.8, 4) is 28.5 Å². The molecule has 6 heteroatoms. The van der Waals surface area contributed by atoms with Gasteiger partial charge < -0.3 is 10.3 Å². The summed E-state index contributed by atoms with van der Waals surface area (Å²) in [6, 6.07) is 17.5. The first-order valence-electron chi connectivity index (χ1n) is 11.7. The average Bonchev–Trinajstić information content (AvgIpc) is 3.41. The predicted octanol–water partition coefficient (Wildman–Crippen LogP) is 5.01. The fourth-order valence-corrected chi connectivity index (χ4v) is 4.90. The highest BCUT2D eigenvalue weighted by atomic mass is 19.1. The van der Waals surface area contributed by atoms with Crippen LogP contribution in [0.25, 0.3) is 33.3 Å². The molecule has 2 N–H and O–H groups in total. The van der Waals surface area contributed by atoms with Gasteiger partial charge in [0.15, 0.2) is 0 Å². The van der Waals surface area contributed by atoms with E-state index in [2.05, 4.69) is 46.7 Å². The Morgan fingerprint density at radius 3 is 2.56 bits per heavy atom. The zero-order chi connectivity index (χ0) is 23.8. The average molecular weight is 454 g/mol. The van der Waals surface area contributed by atoms with E-state index in [9.17, 15) is 9.65 Å². The summed E-state index contributed by atoms with van der Waals surface area (Å²) in [7, 11) is 2.05. The summed E-state index contributed by atoms with van der Waals surface area (Å²) in [5.41, 5.74) is 12.9. The molecule has 5 nitrogen and oxygen atoms in total. The molecule has 2 aromatic heterocycles. The molecule has 1 fully saturated rings. The summed E-state index contributed by atoms with van der Waals surface area (Å²) in [5.74, 6) is -0.522. The summed E-state index contributed by atoms with van der Waals surface area (Å²) >= 11 is 0. The van der Waals surface area contributed by atoms with Gasteiger partial charge >= 0.3 is 0 Å². The van der Waals surface area contributed by atoms with Crippen LogP contribution in [-0.4, -0.2) is 33.6 Å². The van der Waals surface area contributed by atoms with Crippen molar-refractivity contribution in [2.75, 3.05) is 13.1 Å². The number of hydrogen-bond acceptors (Lipinski definition) is 4. The first-order valence-corrected chi connectivity index (χ1v) is 11.7. The van der Waals surface area contributed by atoms with E-state index in [4.69, 9.17) is 10.7 Å². The quantitative estimate of drug-likeness (QED) is 0.461. The molecule has 0 saturated carbocycles. The third-order valence-electron chi connectivity index (χ3n) is 6.91. The largest absolute Gasteiger partial charge is 0.345 e. The minimum Gasteiger partial charge on any atom is -0.345 e. The highest BCUT2D eigenvalue weighted by Gasteiger charge is 2.22. The molecule has 0 bridgehead atoms. The lowest BCUT2D eigenvalue weighted by Gasteiger charge is -2.15. The number of rotatable bonds is 5. The molecular formula is C28H28FN5. The second-order valence-electron chi connectivity index (χ2n) is 9.12. The number of halogens is 1. The van der Waals surface area contributed by atoms with Crippen molar-refractivity contribution in [3.63, 3.8) is 0 Å². The van der Waals surface area contributed by atoms with E-state index in [1.807, 2.05) is 25.4 Å². The van der Waals surface area contributed by atoms with Gasteiger partial charge in [-0.3, -0.25) is 9.88 Å². The second kappa shape index (κ2) is 9.02. The SMILES string of the molecule is CCc1ccc(-c2ncc3c(cc(CN4CC[C@H](N)C4)n3C)c2-c2ccc(C#N)c(F)c2)cc1. The zero-order valence-corrected chi connectivity index (χ0v) is 19.6. The van der Waals surface area contributed by atoms with Crippen molar-refractivity contribution in [1.29, 1.82) is 5.26 Å². The van der Waals surface area contributed by atoms with Crippen LogP contribution in [0.2, 0.25) is 0 Å². The Balaban J connectivity index is 1.70. The number of benzene rings is 2. The molecule has 34 heavy (non-hydrogen) atoms. The van der Waals surface area contributed by atoms with Crippen LogP contribution in [0.15, 0.2) is 54.7 Å². The molecule has 4 aromatic rings. The first-order chi connectivity index (χ1) is 16.5. The summed E-state index contributed by atoms with van der Waals surface area (Å²) in [5, 5.41) is 10.2. The highest BCUT2D eigenvalue weighted by Crippen LogP contribution is 2.38. The van der Waals surface area contributed by atoms with E-state index in [0.29, 0.717) is 5.56 Å². The van der Waals surface area contributed by atoms with Crippen molar-refractivity contribution < 1.29 is 4.39 Å². The number of aryl methyl sites for hydroxylation is 2. The van der Waals surface area contributed by atoms with Crippen LogP contribution in [0.5, 0.6) is 0 Å². The number of aromatic nitrogens is 2. The Morgan fingerprint density at radius 1 is 1.15 bits per heavy atom. The van der Waals surface area contributed by atoms with Gasteiger partial charge in [-0.2, -0.15) is 5.26 Å².